The first-order valence-corrected chi connectivity index (χ1v) is 6.05. The third-order valence-electron chi connectivity index (χ3n) is 2.28. The molecule has 0 atom stereocenters. The molecule has 1 aromatic rings. The average Bonchev–Trinajstić information content (AvgIpc) is 2.18. The van der Waals surface area contributed by atoms with Crippen molar-refractivity contribution in [2.45, 2.75) is 4.90 Å². The van der Waals surface area contributed by atoms with Gasteiger partial charge in [-0.3, -0.25) is 0 Å². The Morgan fingerprint density at radius 3 is 3.14 bits per heavy atom. The molecule has 14 heavy (non-hydrogen) atoms. The van der Waals surface area contributed by atoms with Gasteiger partial charge in [0.25, 0.3) is 0 Å². The molecule has 2 N–H and O–H groups in total. The normalized spacial score (nSPS) is 15.4. The summed E-state index contributed by atoms with van der Waals surface area (Å²) in [7, 11) is 0. The Kier molecular flexibility index (Phi) is 3.21. The van der Waals surface area contributed by atoms with Gasteiger partial charge < -0.3 is 10.6 Å². The number of halogens is 1. The highest BCUT2D eigenvalue weighted by molar-refractivity contribution is 7.99. The molecule has 2 nitrogen and oxygen atoms in total. The second-order valence-electron chi connectivity index (χ2n) is 3.24. The maximum Gasteiger partial charge on any atom is 0.0506 e. The molecule has 0 unspecified atom stereocenters. The second-order valence-corrected chi connectivity index (χ2v) is 4.81. The zero-order chi connectivity index (χ0) is 9.97. The Balaban J connectivity index is 2.30. The predicted octanol–water partition coefficient (Wildman–Crippen LogP) is 2.21. The van der Waals surface area contributed by atoms with E-state index in [0.717, 1.165) is 23.9 Å². The minimum atomic E-state index is 0.701. The molecule has 0 saturated heterocycles. The number of benzene rings is 1. The topological polar surface area (TPSA) is 29.3 Å². The maximum atomic E-state index is 5.94. The largest absolute Gasteiger partial charge is 0.369 e. The lowest BCUT2D eigenvalue weighted by Gasteiger charge is -2.30. The minimum Gasteiger partial charge on any atom is -0.369 e. The number of anilines is 1. The Morgan fingerprint density at radius 1 is 1.50 bits per heavy atom. The predicted molar refractivity (Wildman–Crippen MR) is 63.4 cm³/mol. The number of rotatable bonds is 2. The number of nitrogens with zero attached hydrogens (tertiary/aromatic N) is 1. The van der Waals surface area contributed by atoms with Gasteiger partial charge in [-0.2, -0.15) is 0 Å². The molecular weight excluding hydrogens is 216 g/mol. The fourth-order valence-electron chi connectivity index (χ4n) is 1.64. The lowest BCUT2D eigenvalue weighted by Crippen LogP contribution is -2.33. The Labute approximate surface area is 93.4 Å². The van der Waals surface area contributed by atoms with Gasteiger partial charge >= 0.3 is 0 Å². The smallest absolute Gasteiger partial charge is 0.0506 e. The van der Waals surface area contributed by atoms with Gasteiger partial charge in [0.2, 0.25) is 0 Å². The molecular formula is C10H13ClN2S. The van der Waals surface area contributed by atoms with E-state index in [1.165, 1.54) is 10.6 Å². The van der Waals surface area contributed by atoms with Crippen molar-refractivity contribution >= 4 is 29.1 Å². The van der Waals surface area contributed by atoms with Gasteiger partial charge in [0.05, 0.1) is 5.69 Å². The summed E-state index contributed by atoms with van der Waals surface area (Å²) in [5.74, 6) is 1.12. The van der Waals surface area contributed by atoms with Crippen LogP contribution in [-0.4, -0.2) is 25.4 Å². The summed E-state index contributed by atoms with van der Waals surface area (Å²) in [6.45, 7) is 2.71. The van der Waals surface area contributed by atoms with E-state index in [1.54, 1.807) is 0 Å². The highest BCUT2D eigenvalue weighted by atomic mass is 35.5. The van der Waals surface area contributed by atoms with Crippen molar-refractivity contribution in [3.05, 3.63) is 23.2 Å². The third kappa shape index (κ3) is 2.00. The molecule has 0 saturated carbocycles. The van der Waals surface area contributed by atoms with Crippen molar-refractivity contribution in [2.75, 3.05) is 30.3 Å². The summed E-state index contributed by atoms with van der Waals surface area (Å²) in [6.07, 6.45) is 0. The van der Waals surface area contributed by atoms with Gasteiger partial charge in [-0.05, 0) is 18.2 Å². The molecule has 0 aromatic heterocycles. The molecule has 0 fully saturated rings. The monoisotopic (exact) mass is 228 g/mol. The van der Waals surface area contributed by atoms with E-state index < -0.39 is 0 Å². The molecule has 2 rings (SSSR count). The lowest BCUT2D eigenvalue weighted by atomic mass is 10.2. The number of hydrogen-bond donors (Lipinski definition) is 1. The number of nitrogens with two attached hydrogens (primary N) is 1. The molecule has 4 heteroatoms. The molecule has 1 heterocycles. The summed E-state index contributed by atoms with van der Waals surface area (Å²) in [5, 5.41) is 0.811. The van der Waals surface area contributed by atoms with Crippen LogP contribution in [0.1, 0.15) is 0 Å². The summed E-state index contributed by atoms with van der Waals surface area (Å²) in [6, 6.07) is 6.06. The first-order valence-electron chi connectivity index (χ1n) is 4.68. The molecule has 0 aliphatic carbocycles. The minimum absolute atomic E-state index is 0.701. The average molecular weight is 229 g/mol. The molecule has 0 radical (unpaired) electrons. The summed E-state index contributed by atoms with van der Waals surface area (Å²) < 4.78 is 0. The van der Waals surface area contributed by atoms with Crippen LogP contribution in [0.5, 0.6) is 0 Å². The van der Waals surface area contributed by atoms with E-state index in [9.17, 15) is 0 Å². The fourth-order valence-corrected chi connectivity index (χ4v) is 2.96. The zero-order valence-electron chi connectivity index (χ0n) is 7.87. The molecule has 1 aromatic carbocycles. The van der Waals surface area contributed by atoms with Crippen LogP contribution in [0, 0.1) is 0 Å². The van der Waals surface area contributed by atoms with E-state index in [0.29, 0.717) is 6.54 Å². The van der Waals surface area contributed by atoms with Gasteiger partial charge in [-0.15, -0.1) is 11.8 Å². The van der Waals surface area contributed by atoms with Crippen LogP contribution < -0.4 is 10.6 Å². The zero-order valence-corrected chi connectivity index (χ0v) is 9.44. The maximum absolute atomic E-state index is 5.94. The van der Waals surface area contributed by atoms with Gasteiger partial charge in [-0.1, -0.05) is 11.6 Å². The highest BCUT2D eigenvalue weighted by Gasteiger charge is 2.16. The molecule has 1 aliphatic heterocycles. The van der Waals surface area contributed by atoms with E-state index in [4.69, 9.17) is 17.3 Å². The van der Waals surface area contributed by atoms with E-state index in [-0.39, 0.29) is 0 Å². The lowest BCUT2D eigenvalue weighted by molar-refractivity contribution is 0.805. The van der Waals surface area contributed by atoms with E-state index in [1.807, 2.05) is 23.9 Å². The van der Waals surface area contributed by atoms with Crippen LogP contribution in [0.25, 0.3) is 0 Å². The Morgan fingerprint density at radius 2 is 2.36 bits per heavy atom. The Hall–Kier alpha value is -0.380. The Bertz CT molecular complexity index is 330. The van der Waals surface area contributed by atoms with Crippen molar-refractivity contribution in [1.82, 2.24) is 0 Å². The molecule has 0 bridgehead atoms. The van der Waals surface area contributed by atoms with Gasteiger partial charge in [-0.25, -0.2) is 0 Å². The van der Waals surface area contributed by atoms with E-state index >= 15 is 0 Å². The van der Waals surface area contributed by atoms with Crippen LogP contribution in [0.3, 0.4) is 0 Å². The van der Waals surface area contributed by atoms with Crippen molar-refractivity contribution in [3.8, 4) is 0 Å². The van der Waals surface area contributed by atoms with Crippen LogP contribution in [-0.2, 0) is 0 Å². The van der Waals surface area contributed by atoms with Crippen LogP contribution >= 0.6 is 23.4 Å². The summed E-state index contributed by atoms with van der Waals surface area (Å²) in [4.78, 5) is 3.60. The van der Waals surface area contributed by atoms with Gasteiger partial charge in [0.1, 0.15) is 0 Å². The quantitative estimate of drug-likeness (QED) is 0.842. The highest BCUT2D eigenvalue weighted by Crippen LogP contribution is 2.36. The standard InChI is InChI=1S/C10H13ClN2S/c11-8-1-2-9-10(7-8)14-6-5-13(9)4-3-12/h1-2,7H,3-6,12H2. The SMILES string of the molecule is NCCN1CCSc2cc(Cl)ccc21. The first kappa shape index (κ1) is 10.1. The molecule has 1 aliphatic rings. The second kappa shape index (κ2) is 4.43. The molecule has 0 amide bonds. The molecule has 0 spiro atoms. The number of hydrogen-bond acceptors (Lipinski definition) is 3. The van der Waals surface area contributed by atoms with Crippen molar-refractivity contribution in [3.63, 3.8) is 0 Å². The fraction of sp³-hybridized carbons (Fsp3) is 0.400. The summed E-state index contributed by atoms with van der Waals surface area (Å²) in [5.41, 5.74) is 6.85. The number of fused-ring (bicyclic) bond motifs is 1. The first-order chi connectivity index (χ1) is 6.81. The van der Waals surface area contributed by atoms with E-state index in [2.05, 4.69) is 11.0 Å². The molecule has 76 valence electrons. The van der Waals surface area contributed by atoms with Crippen LogP contribution in [0.2, 0.25) is 5.02 Å². The third-order valence-corrected chi connectivity index (χ3v) is 3.54. The van der Waals surface area contributed by atoms with Gasteiger partial charge in [0.15, 0.2) is 0 Å². The van der Waals surface area contributed by atoms with Gasteiger partial charge in [0, 0.05) is 35.3 Å². The van der Waals surface area contributed by atoms with Crippen LogP contribution in [0.4, 0.5) is 5.69 Å². The summed E-state index contributed by atoms with van der Waals surface area (Å²) >= 11 is 7.81. The van der Waals surface area contributed by atoms with Crippen LogP contribution in [0.15, 0.2) is 23.1 Å². The van der Waals surface area contributed by atoms with Crippen molar-refractivity contribution in [1.29, 1.82) is 0 Å². The van der Waals surface area contributed by atoms with Crippen molar-refractivity contribution in [2.24, 2.45) is 5.73 Å². The van der Waals surface area contributed by atoms with Crippen molar-refractivity contribution < 1.29 is 0 Å². The number of thioether (sulfide) groups is 1.